The molecule has 0 aliphatic carbocycles. The Bertz CT molecular complexity index is 358. The number of hydrogen-bond donors (Lipinski definition) is 2. The van der Waals surface area contributed by atoms with Gasteiger partial charge in [-0.1, -0.05) is 25.3 Å². The molecule has 0 aromatic carbocycles. The first-order chi connectivity index (χ1) is 9.54. The maximum Gasteiger partial charge on any atom is 0.389 e. The van der Waals surface area contributed by atoms with Gasteiger partial charge in [0.25, 0.3) is 10.1 Å². The van der Waals surface area contributed by atoms with E-state index >= 15 is 0 Å². The topological polar surface area (TPSA) is 80.4 Å². The van der Waals surface area contributed by atoms with Crippen molar-refractivity contribution in [2.45, 2.75) is 56.6 Å². The molecule has 21 heavy (non-hydrogen) atoms. The van der Waals surface area contributed by atoms with Gasteiger partial charge in [0.15, 0.2) is 0 Å². The molecule has 1 unspecified atom stereocenters. The molecular formula is C12H23F4NO3S. The van der Waals surface area contributed by atoms with Crippen molar-refractivity contribution in [3.05, 3.63) is 12.7 Å². The largest absolute Gasteiger partial charge is 0.389 e. The minimum atomic E-state index is -4.64. The summed E-state index contributed by atoms with van der Waals surface area (Å²) < 4.78 is 76.6. The third-order valence-electron chi connectivity index (χ3n) is 2.38. The van der Waals surface area contributed by atoms with E-state index in [2.05, 4.69) is 6.58 Å². The second-order valence-electron chi connectivity index (χ2n) is 4.37. The fourth-order valence-electron chi connectivity index (χ4n) is 1.31. The molecule has 9 heteroatoms. The third kappa shape index (κ3) is 19.3. The van der Waals surface area contributed by atoms with Crippen LogP contribution in [0.1, 0.15) is 44.9 Å². The van der Waals surface area contributed by atoms with Crippen LogP contribution in [0.2, 0.25) is 0 Å². The Hall–Kier alpha value is -0.670. The summed E-state index contributed by atoms with van der Waals surface area (Å²) in [7, 11) is -4.64. The summed E-state index contributed by atoms with van der Waals surface area (Å²) >= 11 is 0. The molecule has 0 saturated carbocycles. The molecule has 0 aliphatic rings. The molecule has 0 radical (unpaired) electrons. The number of alkyl halides is 4. The van der Waals surface area contributed by atoms with Gasteiger partial charge in [-0.3, -0.25) is 4.55 Å². The van der Waals surface area contributed by atoms with Gasteiger partial charge in [0.2, 0.25) is 5.50 Å². The van der Waals surface area contributed by atoms with Crippen LogP contribution in [0.5, 0.6) is 0 Å². The molecule has 0 aromatic rings. The van der Waals surface area contributed by atoms with Gasteiger partial charge in [-0.05, 0) is 19.3 Å². The molecule has 0 saturated heterocycles. The summed E-state index contributed by atoms with van der Waals surface area (Å²) in [6.07, 6.45) is -2.06. The number of halogens is 4. The number of unbranched alkanes of at least 4 members (excludes halogenated alkanes) is 4. The van der Waals surface area contributed by atoms with Gasteiger partial charge < -0.3 is 5.73 Å². The van der Waals surface area contributed by atoms with Crippen LogP contribution in [0.15, 0.2) is 12.7 Å². The first-order valence-corrected chi connectivity index (χ1v) is 8.03. The van der Waals surface area contributed by atoms with E-state index in [4.69, 9.17) is 10.3 Å². The lowest BCUT2D eigenvalue weighted by molar-refractivity contribution is -0.135. The van der Waals surface area contributed by atoms with Gasteiger partial charge in [0, 0.05) is 13.0 Å². The summed E-state index contributed by atoms with van der Waals surface area (Å²) in [5.74, 6) is 0. The first-order valence-electron chi connectivity index (χ1n) is 6.52. The van der Waals surface area contributed by atoms with Crippen molar-refractivity contribution in [2.24, 2.45) is 5.73 Å². The first kappa shape index (κ1) is 22.6. The zero-order chi connectivity index (χ0) is 16.9. The standard InChI is InChI=1S/C9H16F4O3S.C3H7N/c10-8(17(14,15)16)6-4-2-1-3-5-7-9(11,12)13;1-2-3-4/h8H,1-7H2,(H,14,15,16);2H,1,3-4H2. The molecule has 4 nitrogen and oxygen atoms in total. The minimum Gasteiger partial charge on any atom is -0.327 e. The molecule has 0 rings (SSSR count). The smallest absolute Gasteiger partial charge is 0.327 e. The Morgan fingerprint density at radius 3 is 1.95 bits per heavy atom. The highest BCUT2D eigenvalue weighted by Gasteiger charge is 2.25. The molecule has 0 aliphatic heterocycles. The zero-order valence-corrected chi connectivity index (χ0v) is 12.6. The fourth-order valence-corrected chi connectivity index (χ4v) is 1.77. The predicted octanol–water partition coefficient (Wildman–Crippen LogP) is 3.59. The van der Waals surface area contributed by atoms with Crippen LogP contribution in [0.25, 0.3) is 0 Å². The monoisotopic (exact) mass is 337 g/mol. The van der Waals surface area contributed by atoms with Gasteiger partial charge in [-0.15, -0.1) is 6.58 Å². The summed E-state index contributed by atoms with van der Waals surface area (Å²) in [4.78, 5) is 0. The van der Waals surface area contributed by atoms with Crippen molar-refractivity contribution in [3.8, 4) is 0 Å². The minimum absolute atomic E-state index is 0.0286. The number of nitrogens with two attached hydrogens (primary N) is 1. The predicted molar refractivity (Wildman–Crippen MR) is 74.1 cm³/mol. The van der Waals surface area contributed by atoms with Gasteiger partial charge >= 0.3 is 6.18 Å². The fraction of sp³-hybridized carbons (Fsp3) is 0.833. The van der Waals surface area contributed by atoms with E-state index in [-0.39, 0.29) is 19.3 Å². The Balaban J connectivity index is 0. The van der Waals surface area contributed by atoms with Crippen LogP contribution < -0.4 is 5.73 Å². The van der Waals surface area contributed by atoms with Crippen molar-refractivity contribution in [1.82, 2.24) is 0 Å². The lowest BCUT2D eigenvalue weighted by Crippen LogP contribution is -2.14. The average Bonchev–Trinajstić information content (AvgIpc) is 2.35. The summed E-state index contributed by atoms with van der Waals surface area (Å²) in [6.45, 7) is 3.94. The van der Waals surface area contributed by atoms with Crippen molar-refractivity contribution in [2.75, 3.05) is 6.54 Å². The van der Waals surface area contributed by atoms with E-state index in [1.807, 2.05) is 0 Å². The van der Waals surface area contributed by atoms with Crippen LogP contribution in [-0.2, 0) is 10.1 Å². The maximum atomic E-state index is 12.7. The Labute approximate surface area is 123 Å². The molecule has 0 aromatic heterocycles. The molecular weight excluding hydrogens is 314 g/mol. The summed E-state index contributed by atoms with van der Waals surface area (Å²) in [5.41, 5.74) is 2.62. The summed E-state index contributed by atoms with van der Waals surface area (Å²) in [6, 6.07) is 0. The molecule has 0 fully saturated rings. The highest BCUT2D eigenvalue weighted by molar-refractivity contribution is 7.86. The molecule has 0 bridgehead atoms. The lowest BCUT2D eigenvalue weighted by Gasteiger charge is -2.06. The van der Waals surface area contributed by atoms with Crippen molar-refractivity contribution in [1.29, 1.82) is 0 Å². The van der Waals surface area contributed by atoms with Crippen LogP contribution in [0.4, 0.5) is 17.6 Å². The maximum absolute atomic E-state index is 12.7. The molecule has 0 heterocycles. The van der Waals surface area contributed by atoms with Crippen molar-refractivity contribution < 1.29 is 30.5 Å². The lowest BCUT2D eigenvalue weighted by atomic mass is 10.1. The molecule has 128 valence electrons. The normalized spacial score (nSPS) is 13.2. The SMILES string of the molecule is C=CCN.O=S(=O)(O)C(F)CCCCCCCC(F)(F)F. The second-order valence-corrected chi connectivity index (χ2v) is 5.91. The van der Waals surface area contributed by atoms with E-state index in [0.29, 0.717) is 25.8 Å². The van der Waals surface area contributed by atoms with E-state index in [1.54, 1.807) is 6.08 Å². The Kier molecular flexibility index (Phi) is 12.8. The average molecular weight is 337 g/mol. The Morgan fingerprint density at radius 1 is 1.14 bits per heavy atom. The van der Waals surface area contributed by atoms with Crippen LogP contribution in [0.3, 0.4) is 0 Å². The van der Waals surface area contributed by atoms with Crippen LogP contribution >= 0.6 is 0 Å². The summed E-state index contributed by atoms with van der Waals surface area (Å²) in [5, 5.41) is 0. The molecule has 1 atom stereocenters. The van der Waals surface area contributed by atoms with Crippen LogP contribution in [0, 0.1) is 0 Å². The van der Waals surface area contributed by atoms with E-state index in [1.165, 1.54) is 0 Å². The van der Waals surface area contributed by atoms with Gasteiger partial charge in [-0.2, -0.15) is 21.6 Å². The van der Waals surface area contributed by atoms with E-state index in [0.717, 1.165) is 0 Å². The van der Waals surface area contributed by atoms with Crippen LogP contribution in [-0.4, -0.2) is 31.2 Å². The van der Waals surface area contributed by atoms with E-state index in [9.17, 15) is 26.0 Å². The Morgan fingerprint density at radius 2 is 1.57 bits per heavy atom. The molecule has 0 amide bonds. The van der Waals surface area contributed by atoms with Gasteiger partial charge in [0.05, 0.1) is 0 Å². The van der Waals surface area contributed by atoms with Gasteiger partial charge in [-0.25, -0.2) is 4.39 Å². The zero-order valence-electron chi connectivity index (χ0n) is 11.8. The number of hydrogen-bond acceptors (Lipinski definition) is 3. The number of rotatable bonds is 9. The van der Waals surface area contributed by atoms with Crippen molar-refractivity contribution in [3.63, 3.8) is 0 Å². The highest BCUT2D eigenvalue weighted by atomic mass is 32.2. The molecule has 3 N–H and O–H groups in total. The molecule has 0 spiro atoms. The quantitative estimate of drug-likeness (QED) is 0.292. The van der Waals surface area contributed by atoms with E-state index < -0.39 is 28.2 Å². The van der Waals surface area contributed by atoms with Crippen molar-refractivity contribution >= 4 is 10.1 Å². The third-order valence-corrected chi connectivity index (χ3v) is 3.26. The highest BCUT2D eigenvalue weighted by Crippen LogP contribution is 2.23. The van der Waals surface area contributed by atoms with Gasteiger partial charge in [0.1, 0.15) is 0 Å². The second kappa shape index (κ2) is 11.9.